The number of carbonyl (C=O) groups excluding carboxylic acids is 1. The van der Waals surface area contributed by atoms with Crippen LogP contribution in [0.1, 0.15) is 37.7 Å². The molecule has 2 rings (SSSR count). The summed E-state index contributed by atoms with van der Waals surface area (Å²) in [6, 6.07) is 7.25. The van der Waals surface area contributed by atoms with Crippen LogP contribution in [0, 0.1) is 0 Å². The molecule has 0 aliphatic rings. The van der Waals surface area contributed by atoms with Crippen LogP contribution in [0.25, 0.3) is 0 Å². The van der Waals surface area contributed by atoms with Gasteiger partial charge in [-0.1, -0.05) is 12.1 Å². The van der Waals surface area contributed by atoms with Gasteiger partial charge in [0.15, 0.2) is 11.5 Å². The van der Waals surface area contributed by atoms with Gasteiger partial charge in [0.25, 0.3) is 0 Å². The van der Waals surface area contributed by atoms with Crippen molar-refractivity contribution in [3.63, 3.8) is 0 Å². The maximum absolute atomic E-state index is 11.4. The summed E-state index contributed by atoms with van der Waals surface area (Å²) in [6.45, 7) is 1.34. The van der Waals surface area contributed by atoms with E-state index in [0.29, 0.717) is 17.1 Å². The molecule has 2 aromatic rings. The quantitative estimate of drug-likeness (QED) is 0.659. The number of carboxylic acids is 1. The number of ketones is 1. The Balaban J connectivity index is 2.31. The molecule has 5 nitrogen and oxygen atoms in total. The van der Waals surface area contributed by atoms with Crippen LogP contribution in [0.4, 0.5) is 5.69 Å². The van der Waals surface area contributed by atoms with Gasteiger partial charge < -0.3 is 10.8 Å². The smallest absolute Gasteiger partial charge is 0.356 e. The highest BCUT2D eigenvalue weighted by Gasteiger charge is 2.20. The van der Waals surface area contributed by atoms with E-state index in [9.17, 15) is 9.59 Å². The summed E-state index contributed by atoms with van der Waals surface area (Å²) in [5.74, 6) is -1.46. The third-order valence-corrected chi connectivity index (χ3v) is 3.69. The van der Waals surface area contributed by atoms with Crippen molar-refractivity contribution in [2.75, 3.05) is 5.73 Å². The standard InChI is InChI=1S/C13H12N2O3S/c1-7(16)12-11(13(17)18)15-10(19-12)6-8-2-4-9(14)5-3-8/h2-5H,6,14H2,1H3,(H,17,18). The number of aromatic nitrogens is 1. The van der Waals surface area contributed by atoms with E-state index in [0.717, 1.165) is 16.9 Å². The van der Waals surface area contributed by atoms with Crippen molar-refractivity contribution < 1.29 is 14.7 Å². The largest absolute Gasteiger partial charge is 0.476 e. The fraction of sp³-hybridized carbons (Fsp3) is 0.154. The van der Waals surface area contributed by atoms with Gasteiger partial charge in [0, 0.05) is 19.0 Å². The number of Topliss-reactive ketones (excluding diaryl/α,β-unsaturated/α-hetero) is 1. The number of carboxylic acid groups (broad SMARTS) is 1. The van der Waals surface area contributed by atoms with Crippen molar-refractivity contribution >= 4 is 28.8 Å². The number of nitrogen functional groups attached to an aromatic ring is 1. The Hall–Kier alpha value is -2.21. The Labute approximate surface area is 113 Å². The number of hydrogen-bond acceptors (Lipinski definition) is 5. The lowest BCUT2D eigenvalue weighted by Gasteiger charge is -1.98. The summed E-state index contributed by atoms with van der Waals surface area (Å²) in [4.78, 5) is 26.6. The first kappa shape index (κ1) is 13.2. The van der Waals surface area contributed by atoms with Gasteiger partial charge in [-0.15, -0.1) is 11.3 Å². The molecule has 0 fully saturated rings. The second-order valence-electron chi connectivity index (χ2n) is 4.07. The van der Waals surface area contributed by atoms with E-state index in [2.05, 4.69) is 4.98 Å². The normalized spacial score (nSPS) is 10.4. The van der Waals surface area contributed by atoms with Crippen molar-refractivity contribution in [3.05, 3.63) is 45.4 Å². The highest BCUT2D eigenvalue weighted by atomic mass is 32.1. The van der Waals surface area contributed by atoms with Crippen molar-refractivity contribution in [1.82, 2.24) is 4.98 Å². The number of nitrogens with two attached hydrogens (primary N) is 1. The Morgan fingerprint density at radius 3 is 2.42 bits per heavy atom. The molecule has 1 heterocycles. The summed E-state index contributed by atoms with van der Waals surface area (Å²) in [6.07, 6.45) is 0.485. The molecule has 0 unspecified atom stereocenters. The SMILES string of the molecule is CC(=O)c1sc(Cc2ccc(N)cc2)nc1C(=O)O. The van der Waals surface area contributed by atoms with Crippen LogP contribution in [0.5, 0.6) is 0 Å². The van der Waals surface area contributed by atoms with Crippen molar-refractivity contribution in [2.45, 2.75) is 13.3 Å². The predicted octanol–water partition coefficient (Wildman–Crippen LogP) is 2.22. The minimum atomic E-state index is -1.18. The molecule has 19 heavy (non-hydrogen) atoms. The van der Waals surface area contributed by atoms with Crippen molar-refractivity contribution in [1.29, 1.82) is 0 Å². The summed E-state index contributed by atoms with van der Waals surface area (Å²) in [7, 11) is 0. The second-order valence-corrected chi connectivity index (χ2v) is 5.15. The Kier molecular flexibility index (Phi) is 3.62. The molecule has 6 heteroatoms. The average molecular weight is 276 g/mol. The maximum Gasteiger partial charge on any atom is 0.356 e. The Morgan fingerprint density at radius 2 is 1.95 bits per heavy atom. The number of nitrogens with zero attached hydrogens (tertiary/aromatic N) is 1. The van der Waals surface area contributed by atoms with E-state index >= 15 is 0 Å². The molecule has 0 spiro atoms. The molecule has 0 radical (unpaired) electrons. The molecule has 0 amide bonds. The lowest BCUT2D eigenvalue weighted by molar-refractivity contribution is 0.0687. The van der Waals surface area contributed by atoms with Gasteiger partial charge in [-0.2, -0.15) is 0 Å². The zero-order chi connectivity index (χ0) is 14.0. The first-order chi connectivity index (χ1) is 8.97. The lowest BCUT2D eigenvalue weighted by Crippen LogP contribution is -2.03. The maximum atomic E-state index is 11.4. The molecule has 0 aliphatic carbocycles. The van der Waals surface area contributed by atoms with Crippen LogP contribution < -0.4 is 5.73 Å². The molecule has 0 saturated carbocycles. The molecule has 0 aliphatic heterocycles. The van der Waals surface area contributed by atoms with Crippen LogP contribution in [0.2, 0.25) is 0 Å². The molecule has 0 atom stereocenters. The molecule has 3 N–H and O–H groups in total. The highest BCUT2D eigenvalue weighted by molar-refractivity contribution is 7.14. The van der Waals surface area contributed by atoms with E-state index in [-0.39, 0.29) is 16.4 Å². The number of anilines is 1. The van der Waals surface area contributed by atoms with Crippen LogP contribution >= 0.6 is 11.3 Å². The van der Waals surface area contributed by atoms with E-state index in [1.54, 1.807) is 12.1 Å². The van der Waals surface area contributed by atoms with Crippen LogP contribution in [-0.4, -0.2) is 21.8 Å². The molecule has 1 aromatic heterocycles. The Bertz CT molecular complexity index is 600. The van der Waals surface area contributed by atoms with Crippen LogP contribution in [0.3, 0.4) is 0 Å². The fourth-order valence-electron chi connectivity index (χ4n) is 1.63. The monoisotopic (exact) mass is 276 g/mol. The zero-order valence-electron chi connectivity index (χ0n) is 10.2. The first-order valence-corrected chi connectivity index (χ1v) is 6.37. The van der Waals surface area contributed by atoms with E-state index in [1.807, 2.05) is 12.1 Å². The summed E-state index contributed by atoms with van der Waals surface area (Å²) in [5.41, 5.74) is 7.06. The fourth-order valence-corrected chi connectivity index (χ4v) is 2.62. The zero-order valence-corrected chi connectivity index (χ0v) is 11.0. The molecule has 0 bridgehead atoms. The minimum Gasteiger partial charge on any atom is -0.476 e. The predicted molar refractivity (Wildman–Crippen MR) is 72.7 cm³/mol. The first-order valence-electron chi connectivity index (χ1n) is 5.55. The topological polar surface area (TPSA) is 93.3 Å². The van der Waals surface area contributed by atoms with Gasteiger partial charge in [-0.3, -0.25) is 4.79 Å². The van der Waals surface area contributed by atoms with E-state index in [4.69, 9.17) is 10.8 Å². The molecule has 0 saturated heterocycles. The molecule has 98 valence electrons. The number of thiazole rings is 1. The molecular formula is C13H12N2O3S. The number of carbonyl (C=O) groups is 2. The van der Waals surface area contributed by atoms with Crippen LogP contribution in [0.15, 0.2) is 24.3 Å². The molecular weight excluding hydrogens is 264 g/mol. The summed E-state index contributed by atoms with van der Waals surface area (Å²) >= 11 is 1.12. The van der Waals surface area contributed by atoms with E-state index < -0.39 is 5.97 Å². The van der Waals surface area contributed by atoms with Crippen molar-refractivity contribution in [3.8, 4) is 0 Å². The van der Waals surface area contributed by atoms with Gasteiger partial charge >= 0.3 is 5.97 Å². The summed E-state index contributed by atoms with van der Waals surface area (Å²) < 4.78 is 0. The lowest BCUT2D eigenvalue weighted by atomic mass is 10.1. The number of hydrogen-bond donors (Lipinski definition) is 2. The summed E-state index contributed by atoms with van der Waals surface area (Å²) in [5, 5.41) is 9.61. The van der Waals surface area contributed by atoms with Gasteiger partial charge in [0.1, 0.15) is 4.88 Å². The van der Waals surface area contributed by atoms with E-state index in [1.165, 1.54) is 6.92 Å². The van der Waals surface area contributed by atoms with Crippen molar-refractivity contribution in [2.24, 2.45) is 0 Å². The molecule has 1 aromatic carbocycles. The number of rotatable bonds is 4. The third kappa shape index (κ3) is 2.97. The van der Waals surface area contributed by atoms with Gasteiger partial charge in [0.2, 0.25) is 0 Å². The third-order valence-electron chi connectivity index (χ3n) is 2.53. The second kappa shape index (κ2) is 5.19. The average Bonchev–Trinajstić information content (AvgIpc) is 2.76. The highest BCUT2D eigenvalue weighted by Crippen LogP contribution is 2.22. The Morgan fingerprint density at radius 1 is 1.32 bits per heavy atom. The number of aromatic carboxylic acids is 1. The number of benzene rings is 1. The van der Waals surface area contributed by atoms with Gasteiger partial charge in [0.05, 0.1) is 5.01 Å². The van der Waals surface area contributed by atoms with Gasteiger partial charge in [-0.05, 0) is 17.7 Å². The van der Waals surface area contributed by atoms with Gasteiger partial charge in [-0.25, -0.2) is 9.78 Å². The minimum absolute atomic E-state index is 0.164. The van der Waals surface area contributed by atoms with Crippen LogP contribution in [-0.2, 0) is 6.42 Å².